The highest BCUT2D eigenvalue weighted by Crippen LogP contribution is 2.35. The monoisotopic (exact) mass is 430 g/mol. The van der Waals surface area contributed by atoms with E-state index < -0.39 is 0 Å². The number of benzene rings is 2. The van der Waals surface area contributed by atoms with Gasteiger partial charge in [-0.2, -0.15) is 5.26 Å². The Kier molecular flexibility index (Phi) is 6.09. The summed E-state index contributed by atoms with van der Waals surface area (Å²) < 4.78 is 13.9. The second-order valence-corrected chi connectivity index (χ2v) is 8.56. The number of carbonyl (C=O) groups is 1. The van der Waals surface area contributed by atoms with Crippen molar-refractivity contribution in [2.45, 2.75) is 33.2 Å². The number of hydrogen-bond donors (Lipinski definition) is 0. The SMILES string of the molecule is CCN(C(=O)C(C)C)[C@H]1CCN(c2nc3ccc(F)cc3cc2-c2cccc(C#N)c2)C1. The van der Waals surface area contributed by atoms with Crippen LogP contribution in [0.25, 0.3) is 22.0 Å². The highest BCUT2D eigenvalue weighted by atomic mass is 19.1. The lowest BCUT2D eigenvalue weighted by atomic mass is 10.0. The molecule has 0 saturated carbocycles. The van der Waals surface area contributed by atoms with Crippen LogP contribution in [0.3, 0.4) is 0 Å². The molecule has 1 aliphatic heterocycles. The molecular weight excluding hydrogens is 403 g/mol. The number of nitrogens with zero attached hydrogens (tertiary/aromatic N) is 4. The molecule has 0 unspecified atom stereocenters. The first kappa shape index (κ1) is 21.8. The normalized spacial score (nSPS) is 15.9. The molecule has 164 valence electrons. The van der Waals surface area contributed by atoms with Crippen LogP contribution in [0.4, 0.5) is 10.2 Å². The van der Waals surface area contributed by atoms with Gasteiger partial charge in [-0.3, -0.25) is 4.79 Å². The standard InChI is InChI=1S/C26H27FN4O/c1-4-31(26(32)17(2)3)22-10-11-30(16-22)25-23(19-7-5-6-18(12-19)15-28)14-20-13-21(27)8-9-24(20)29-25/h5-9,12-14,17,22H,4,10-11,16H2,1-3H3/t22-/m0/s1. The first-order valence-electron chi connectivity index (χ1n) is 11.1. The van der Waals surface area contributed by atoms with E-state index in [-0.39, 0.29) is 23.7 Å². The third kappa shape index (κ3) is 4.16. The third-order valence-electron chi connectivity index (χ3n) is 6.08. The van der Waals surface area contributed by atoms with Gasteiger partial charge in [0, 0.05) is 36.5 Å². The summed E-state index contributed by atoms with van der Waals surface area (Å²) in [7, 11) is 0. The van der Waals surface area contributed by atoms with Gasteiger partial charge in [0.25, 0.3) is 0 Å². The molecule has 1 amide bonds. The van der Waals surface area contributed by atoms with Gasteiger partial charge in [-0.25, -0.2) is 9.37 Å². The number of likely N-dealkylation sites (N-methyl/N-ethyl adjacent to an activating group) is 1. The van der Waals surface area contributed by atoms with Crippen molar-refractivity contribution in [3.63, 3.8) is 0 Å². The molecule has 1 aromatic heterocycles. The summed E-state index contributed by atoms with van der Waals surface area (Å²) in [5, 5.41) is 10.1. The molecule has 0 spiro atoms. The quantitative estimate of drug-likeness (QED) is 0.572. The topological polar surface area (TPSA) is 60.2 Å². The van der Waals surface area contributed by atoms with Crippen molar-refractivity contribution in [1.29, 1.82) is 5.26 Å². The highest BCUT2D eigenvalue weighted by Gasteiger charge is 2.32. The molecule has 1 atom stereocenters. The molecule has 1 saturated heterocycles. The number of fused-ring (bicyclic) bond motifs is 1. The van der Waals surface area contributed by atoms with Crippen LogP contribution < -0.4 is 4.90 Å². The number of anilines is 1. The lowest BCUT2D eigenvalue weighted by Gasteiger charge is -2.30. The minimum Gasteiger partial charge on any atom is -0.354 e. The summed E-state index contributed by atoms with van der Waals surface area (Å²) in [4.78, 5) is 21.8. The first-order valence-corrected chi connectivity index (χ1v) is 11.1. The van der Waals surface area contributed by atoms with Gasteiger partial charge in [0.15, 0.2) is 0 Å². The van der Waals surface area contributed by atoms with E-state index in [1.807, 2.05) is 49.9 Å². The van der Waals surface area contributed by atoms with E-state index in [1.165, 1.54) is 12.1 Å². The largest absolute Gasteiger partial charge is 0.354 e. The molecule has 5 nitrogen and oxygen atoms in total. The zero-order chi connectivity index (χ0) is 22.8. The molecular formula is C26H27FN4O. The number of carbonyl (C=O) groups excluding carboxylic acids is 1. The molecule has 0 N–H and O–H groups in total. The van der Waals surface area contributed by atoms with Crippen LogP contribution in [0.15, 0.2) is 48.5 Å². The van der Waals surface area contributed by atoms with Gasteiger partial charge in [-0.05, 0) is 55.3 Å². The minimum absolute atomic E-state index is 0.0398. The maximum atomic E-state index is 13.9. The predicted molar refractivity (Wildman–Crippen MR) is 125 cm³/mol. The van der Waals surface area contributed by atoms with Crippen molar-refractivity contribution in [1.82, 2.24) is 9.88 Å². The number of nitriles is 1. The Hall–Kier alpha value is -3.46. The fourth-order valence-electron chi connectivity index (χ4n) is 4.46. The fourth-order valence-corrected chi connectivity index (χ4v) is 4.46. The van der Waals surface area contributed by atoms with Gasteiger partial charge in [0.1, 0.15) is 11.6 Å². The summed E-state index contributed by atoms with van der Waals surface area (Å²) in [5.41, 5.74) is 3.01. The van der Waals surface area contributed by atoms with E-state index in [0.29, 0.717) is 24.0 Å². The zero-order valence-corrected chi connectivity index (χ0v) is 18.7. The van der Waals surface area contributed by atoms with Crippen molar-refractivity contribution >= 4 is 22.6 Å². The summed E-state index contributed by atoms with van der Waals surface area (Å²) in [6.45, 7) is 8.03. The van der Waals surface area contributed by atoms with Crippen molar-refractivity contribution in [2.75, 3.05) is 24.5 Å². The van der Waals surface area contributed by atoms with Crippen LogP contribution in [0.1, 0.15) is 32.8 Å². The molecule has 0 bridgehead atoms. The van der Waals surface area contributed by atoms with E-state index in [0.717, 1.165) is 35.4 Å². The molecule has 1 aliphatic rings. The third-order valence-corrected chi connectivity index (χ3v) is 6.08. The van der Waals surface area contributed by atoms with Crippen molar-refractivity contribution in [3.8, 4) is 17.2 Å². The van der Waals surface area contributed by atoms with Crippen LogP contribution >= 0.6 is 0 Å². The van der Waals surface area contributed by atoms with Gasteiger partial charge >= 0.3 is 0 Å². The number of aromatic nitrogens is 1. The van der Waals surface area contributed by atoms with Crippen LogP contribution in [-0.2, 0) is 4.79 Å². The molecule has 3 aromatic rings. The smallest absolute Gasteiger partial charge is 0.225 e. The number of rotatable bonds is 5. The maximum Gasteiger partial charge on any atom is 0.225 e. The molecule has 0 aliphatic carbocycles. The van der Waals surface area contributed by atoms with E-state index in [4.69, 9.17) is 4.98 Å². The Morgan fingerprint density at radius 3 is 2.81 bits per heavy atom. The van der Waals surface area contributed by atoms with Gasteiger partial charge in [0.05, 0.1) is 23.2 Å². The summed E-state index contributed by atoms with van der Waals surface area (Å²) >= 11 is 0. The predicted octanol–water partition coefficient (Wildman–Crippen LogP) is 5.00. The Balaban J connectivity index is 1.77. The molecule has 32 heavy (non-hydrogen) atoms. The fraction of sp³-hybridized carbons (Fsp3) is 0.346. The molecule has 2 heterocycles. The lowest BCUT2D eigenvalue weighted by Crippen LogP contribution is -2.43. The Morgan fingerprint density at radius 1 is 1.28 bits per heavy atom. The Morgan fingerprint density at radius 2 is 2.09 bits per heavy atom. The van der Waals surface area contributed by atoms with Crippen molar-refractivity contribution < 1.29 is 9.18 Å². The van der Waals surface area contributed by atoms with E-state index >= 15 is 0 Å². The summed E-state index contributed by atoms with van der Waals surface area (Å²) in [5.74, 6) is 0.621. The van der Waals surface area contributed by atoms with E-state index in [9.17, 15) is 14.4 Å². The number of halogens is 1. The van der Waals surface area contributed by atoms with Crippen molar-refractivity contribution in [3.05, 3.63) is 59.9 Å². The van der Waals surface area contributed by atoms with Gasteiger partial charge in [0.2, 0.25) is 5.91 Å². The lowest BCUT2D eigenvalue weighted by molar-refractivity contribution is -0.136. The molecule has 0 radical (unpaired) electrons. The average Bonchev–Trinajstić information content (AvgIpc) is 3.28. The Bertz CT molecular complexity index is 1200. The molecule has 4 rings (SSSR count). The Labute approximate surface area is 188 Å². The molecule has 2 aromatic carbocycles. The molecule has 6 heteroatoms. The van der Waals surface area contributed by atoms with Crippen molar-refractivity contribution in [2.24, 2.45) is 5.92 Å². The van der Waals surface area contributed by atoms with Crippen LogP contribution in [0, 0.1) is 23.1 Å². The second kappa shape index (κ2) is 8.96. The highest BCUT2D eigenvalue weighted by molar-refractivity contribution is 5.90. The van der Waals surface area contributed by atoms with Gasteiger partial charge < -0.3 is 9.80 Å². The first-order chi connectivity index (χ1) is 15.4. The average molecular weight is 431 g/mol. The van der Waals surface area contributed by atoms with Crippen LogP contribution in [0.2, 0.25) is 0 Å². The van der Waals surface area contributed by atoms with Gasteiger partial charge in [-0.1, -0.05) is 26.0 Å². The molecule has 1 fully saturated rings. The summed E-state index contributed by atoms with van der Waals surface area (Å²) in [6.07, 6.45) is 0.868. The maximum absolute atomic E-state index is 13.9. The number of pyridine rings is 1. The zero-order valence-electron chi connectivity index (χ0n) is 18.7. The summed E-state index contributed by atoms with van der Waals surface area (Å²) in [6, 6.07) is 16.2. The minimum atomic E-state index is -0.309. The van der Waals surface area contributed by atoms with E-state index in [2.05, 4.69) is 11.0 Å². The van der Waals surface area contributed by atoms with E-state index in [1.54, 1.807) is 12.1 Å². The number of hydrogen-bond acceptors (Lipinski definition) is 4. The van der Waals surface area contributed by atoms with Gasteiger partial charge in [-0.15, -0.1) is 0 Å². The van der Waals surface area contributed by atoms with Crippen LogP contribution in [0.5, 0.6) is 0 Å². The second-order valence-electron chi connectivity index (χ2n) is 8.56. The van der Waals surface area contributed by atoms with Crippen LogP contribution in [-0.4, -0.2) is 41.5 Å². The number of amides is 1.